The van der Waals surface area contributed by atoms with Crippen LogP contribution in [-0.4, -0.2) is 50.7 Å². The lowest BCUT2D eigenvalue weighted by molar-refractivity contribution is -0.137. The summed E-state index contributed by atoms with van der Waals surface area (Å²) < 4.78 is 46.8. The van der Waals surface area contributed by atoms with Crippen LogP contribution < -0.4 is 5.32 Å². The van der Waals surface area contributed by atoms with E-state index in [0.29, 0.717) is 29.7 Å². The molecule has 32 heavy (non-hydrogen) atoms. The molecule has 0 saturated carbocycles. The number of ether oxygens (including phenoxy) is 1. The van der Waals surface area contributed by atoms with Gasteiger partial charge in [0.2, 0.25) is 5.91 Å². The number of carbonyl (C=O) groups excluding carboxylic acids is 1. The fourth-order valence-electron chi connectivity index (χ4n) is 3.31. The van der Waals surface area contributed by atoms with Gasteiger partial charge in [-0.25, -0.2) is 0 Å². The first kappa shape index (κ1) is 22.3. The number of thioether (sulfide) groups is 1. The topological polar surface area (TPSA) is 81.9 Å². The van der Waals surface area contributed by atoms with Gasteiger partial charge in [0.1, 0.15) is 0 Å². The standard InChI is InChI=1S/C21H20F3N5O2S/c22-21(23,24)15-5-1-6-16(10-15)29-19(14-4-2-8-25-11-14)27-28-20(29)32-13-18(30)26-12-17-7-3-9-31-17/h1-2,4-6,8,10-11,17H,3,7,9,12-13H2,(H,26,30). The van der Waals surface area contributed by atoms with E-state index in [4.69, 9.17) is 4.74 Å². The molecule has 1 fully saturated rings. The Morgan fingerprint density at radius 1 is 1.25 bits per heavy atom. The van der Waals surface area contributed by atoms with Gasteiger partial charge in [0, 0.05) is 31.1 Å². The van der Waals surface area contributed by atoms with Crippen molar-refractivity contribution in [2.24, 2.45) is 0 Å². The Balaban J connectivity index is 1.59. The Kier molecular flexibility index (Phi) is 6.75. The van der Waals surface area contributed by atoms with Crippen LogP contribution in [0.15, 0.2) is 53.9 Å². The molecule has 1 aromatic carbocycles. The van der Waals surface area contributed by atoms with Gasteiger partial charge in [-0.15, -0.1) is 10.2 Å². The number of alkyl halides is 3. The van der Waals surface area contributed by atoms with Gasteiger partial charge in [-0.2, -0.15) is 13.2 Å². The van der Waals surface area contributed by atoms with Crippen LogP contribution in [0.3, 0.4) is 0 Å². The molecular weight excluding hydrogens is 443 g/mol. The molecule has 3 aromatic rings. The highest BCUT2D eigenvalue weighted by molar-refractivity contribution is 7.99. The number of aromatic nitrogens is 4. The van der Waals surface area contributed by atoms with Crippen LogP contribution in [0, 0.1) is 0 Å². The van der Waals surface area contributed by atoms with E-state index in [9.17, 15) is 18.0 Å². The molecule has 1 amide bonds. The van der Waals surface area contributed by atoms with E-state index in [1.807, 2.05) is 0 Å². The molecule has 0 radical (unpaired) electrons. The number of nitrogens with zero attached hydrogens (tertiary/aromatic N) is 4. The van der Waals surface area contributed by atoms with Gasteiger partial charge in [-0.05, 0) is 43.2 Å². The molecule has 1 N–H and O–H groups in total. The second-order valence-electron chi connectivity index (χ2n) is 7.16. The predicted octanol–water partition coefficient (Wildman–Crippen LogP) is 3.74. The molecule has 3 heterocycles. The Morgan fingerprint density at radius 2 is 2.12 bits per heavy atom. The fraction of sp³-hybridized carbons (Fsp3) is 0.333. The summed E-state index contributed by atoms with van der Waals surface area (Å²) in [6, 6.07) is 8.34. The Hall–Kier alpha value is -2.92. The molecule has 0 bridgehead atoms. The van der Waals surface area contributed by atoms with Crippen molar-refractivity contribution in [2.75, 3.05) is 18.9 Å². The number of benzene rings is 1. The first-order chi connectivity index (χ1) is 15.4. The second-order valence-corrected chi connectivity index (χ2v) is 8.10. The highest BCUT2D eigenvalue weighted by atomic mass is 32.2. The number of rotatable bonds is 7. The van der Waals surface area contributed by atoms with Crippen LogP contribution in [0.1, 0.15) is 18.4 Å². The zero-order valence-electron chi connectivity index (χ0n) is 16.9. The minimum atomic E-state index is -4.49. The van der Waals surface area contributed by atoms with Gasteiger partial charge in [-0.3, -0.25) is 14.3 Å². The minimum Gasteiger partial charge on any atom is -0.376 e. The van der Waals surface area contributed by atoms with Crippen molar-refractivity contribution in [3.63, 3.8) is 0 Å². The Bertz CT molecular complexity index is 1070. The van der Waals surface area contributed by atoms with Crippen LogP contribution in [0.2, 0.25) is 0 Å². The van der Waals surface area contributed by atoms with E-state index in [-0.39, 0.29) is 23.5 Å². The first-order valence-corrected chi connectivity index (χ1v) is 10.9. The van der Waals surface area contributed by atoms with E-state index < -0.39 is 11.7 Å². The highest BCUT2D eigenvalue weighted by Gasteiger charge is 2.31. The summed E-state index contributed by atoms with van der Waals surface area (Å²) in [6.07, 6.45) is 0.556. The van der Waals surface area contributed by atoms with Gasteiger partial charge >= 0.3 is 6.18 Å². The van der Waals surface area contributed by atoms with Crippen molar-refractivity contribution in [1.29, 1.82) is 0 Å². The summed E-state index contributed by atoms with van der Waals surface area (Å²) in [5, 5.41) is 11.4. The Labute approximate surface area is 186 Å². The monoisotopic (exact) mass is 463 g/mol. The lowest BCUT2D eigenvalue weighted by atomic mass is 10.2. The lowest BCUT2D eigenvalue weighted by Crippen LogP contribution is -2.32. The van der Waals surface area contributed by atoms with E-state index in [2.05, 4.69) is 20.5 Å². The molecule has 2 aromatic heterocycles. The number of nitrogens with one attached hydrogen (secondary N) is 1. The molecule has 1 atom stereocenters. The normalized spacial score (nSPS) is 16.3. The van der Waals surface area contributed by atoms with Crippen molar-refractivity contribution in [3.8, 4) is 17.1 Å². The third-order valence-electron chi connectivity index (χ3n) is 4.87. The van der Waals surface area contributed by atoms with E-state index in [1.165, 1.54) is 10.6 Å². The van der Waals surface area contributed by atoms with Crippen LogP contribution >= 0.6 is 11.8 Å². The zero-order chi connectivity index (χ0) is 22.6. The summed E-state index contributed by atoms with van der Waals surface area (Å²) in [5.41, 5.74) is 0.0455. The SMILES string of the molecule is O=C(CSc1nnc(-c2cccnc2)n1-c1cccc(C(F)(F)F)c1)NCC1CCCO1. The third-order valence-corrected chi connectivity index (χ3v) is 5.80. The molecule has 11 heteroatoms. The summed E-state index contributed by atoms with van der Waals surface area (Å²) in [5.74, 6) is 0.156. The maximum absolute atomic E-state index is 13.3. The molecule has 0 aliphatic carbocycles. The average Bonchev–Trinajstić information content (AvgIpc) is 3.46. The summed E-state index contributed by atoms with van der Waals surface area (Å²) in [7, 11) is 0. The van der Waals surface area contributed by atoms with Crippen molar-refractivity contribution in [1.82, 2.24) is 25.1 Å². The predicted molar refractivity (Wildman–Crippen MR) is 112 cm³/mol. The second kappa shape index (κ2) is 9.70. The van der Waals surface area contributed by atoms with Gasteiger partial charge in [0.25, 0.3) is 0 Å². The van der Waals surface area contributed by atoms with E-state index in [0.717, 1.165) is 36.7 Å². The van der Waals surface area contributed by atoms with Crippen molar-refractivity contribution >= 4 is 17.7 Å². The minimum absolute atomic E-state index is 0.0231. The molecule has 1 saturated heterocycles. The quantitative estimate of drug-likeness (QED) is 0.538. The maximum Gasteiger partial charge on any atom is 0.416 e. The molecule has 7 nitrogen and oxygen atoms in total. The molecular formula is C21H20F3N5O2S. The lowest BCUT2D eigenvalue weighted by Gasteiger charge is -2.13. The van der Waals surface area contributed by atoms with Gasteiger partial charge in [0.05, 0.1) is 23.1 Å². The van der Waals surface area contributed by atoms with Gasteiger partial charge in [0.15, 0.2) is 11.0 Å². The number of carbonyl (C=O) groups is 1. The van der Waals surface area contributed by atoms with Gasteiger partial charge in [-0.1, -0.05) is 17.8 Å². The van der Waals surface area contributed by atoms with Crippen molar-refractivity contribution < 1.29 is 22.7 Å². The largest absolute Gasteiger partial charge is 0.416 e. The number of halogens is 3. The van der Waals surface area contributed by atoms with E-state index >= 15 is 0 Å². The third kappa shape index (κ3) is 5.28. The van der Waals surface area contributed by atoms with Crippen molar-refractivity contribution in [3.05, 3.63) is 54.4 Å². The van der Waals surface area contributed by atoms with Crippen LogP contribution in [0.5, 0.6) is 0 Å². The molecule has 1 aliphatic rings. The van der Waals surface area contributed by atoms with E-state index in [1.54, 1.807) is 30.6 Å². The van der Waals surface area contributed by atoms with Gasteiger partial charge < -0.3 is 10.1 Å². The number of hydrogen-bond donors (Lipinski definition) is 1. The number of amides is 1. The average molecular weight is 463 g/mol. The smallest absolute Gasteiger partial charge is 0.376 e. The van der Waals surface area contributed by atoms with Crippen LogP contribution in [-0.2, 0) is 15.7 Å². The molecule has 1 unspecified atom stereocenters. The number of pyridine rings is 1. The number of hydrogen-bond acceptors (Lipinski definition) is 6. The fourth-order valence-corrected chi connectivity index (χ4v) is 4.10. The van der Waals surface area contributed by atoms with Crippen LogP contribution in [0.25, 0.3) is 17.1 Å². The Morgan fingerprint density at radius 3 is 2.84 bits per heavy atom. The molecule has 0 spiro atoms. The summed E-state index contributed by atoms with van der Waals surface area (Å²) in [4.78, 5) is 16.3. The van der Waals surface area contributed by atoms with Crippen molar-refractivity contribution in [2.45, 2.75) is 30.3 Å². The zero-order valence-corrected chi connectivity index (χ0v) is 17.7. The molecule has 1 aliphatic heterocycles. The maximum atomic E-state index is 13.3. The summed E-state index contributed by atoms with van der Waals surface area (Å²) in [6.45, 7) is 1.13. The first-order valence-electron chi connectivity index (χ1n) is 9.96. The highest BCUT2D eigenvalue weighted by Crippen LogP contribution is 2.33. The van der Waals surface area contributed by atoms with Crippen LogP contribution in [0.4, 0.5) is 13.2 Å². The molecule has 168 valence electrons. The summed E-state index contributed by atoms with van der Waals surface area (Å²) >= 11 is 1.10. The molecule has 4 rings (SSSR count).